The molecule has 0 unspecified atom stereocenters. The minimum Gasteiger partial charge on any atom is -0.486 e. The third-order valence-electron chi connectivity index (χ3n) is 4.17. The lowest BCUT2D eigenvalue weighted by Gasteiger charge is -2.26. The molecule has 1 N–H and O–H groups in total. The van der Waals surface area contributed by atoms with Crippen LogP contribution in [0.5, 0.6) is 11.5 Å². The van der Waals surface area contributed by atoms with E-state index in [1.807, 2.05) is 24.3 Å². The van der Waals surface area contributed by atoms with Gasteiger partial charge in [-0.3, -0.25) is 9.10 Å². The van der Waals surface area contributed by atoms with Crippen molar-refractivity contribution in [3.05, 3.63) is 66.7 Å². The molecule has 1 amide bonds. The summed E-state index contributed by atoms with van der Waals surface area (Å²) in [6.07, 6.45) is 2.35. The maximum absolute atomic E-state index is 12.4. The minimum absolute atomic E-state index is 0.158. The summed E-state index contributed by atoms with van der Waals surface area (Å²) in [7, 11) is -3.43. The van der Waals surface area contributed by atoms with Crippen molar-refractivity contribution < 1.29 is 22.7 Å². The second-order valence-corrected chi connectivity index (χ2v) is 8.24. The molecule has 0 radical (unpaired) electrons. The average Bonchev–Trinajstić information content (AvgIpc) is 2.69. The molecule has 1 aliphatic rings. The smallest absolute Gasteiger partial charge is 0.251 e. The van der Waals surface area contributed by atoms with Crippen molar-refractivity contribution in [1.29, 1.82) is 0 Å². The number of amides is 1. The number of sulfonamides is 1. The first-order valence-corrected chi connectivity index (χ1v) is 10.6. The van der Waals surface area contributed by atoms with Gasteiger partial charge in [0.05, 0.1) is 25.0 Å². The molecule has 1 heterocycles. The number of ether oxygens (including phenoxy) is 2. The van der Waals surface area contributed by atoms with Gasteiger partial charge in [0.1, 0.15) is 12.7 Å². The number of nitrogens with one attached hydrogen (secondary N) is 1. The van der Waals surface area contributed by atoms with Crippen LogP contribution in [0.2, 0.25) is 0 Å². The highest BCUT2D eigenvalue weighted by molar-refractivity contribution is 7.92. The number of hydrogen-bond acceptors (Lipinski definition) is 5. The van der Waals surface area contributed by atoms with Crippen LogP contribution in [0.3, 0.4) is 0 Å². The van der Waals surface area contributed by atoms with Crippen molar-refractivity contribution >= 4 is 21.6 Å². The van der Waals surface area contributed by atoms with Crippen molar-refractivity contribution in [3.8, 4) is 11.5 Å². The zero-order chi connectivity index (χ0) is 20.1. The summed E-state index contributed by atoms with van der Waals surface area (Å²) < 4.78 is 36.4. The van der Waals surface area contributed by atoms with E-state index in [2.05, 4.69) is 11.9 Å². The molecule has 28 heavy (non-hydrogen) atoms. The molecule has 7 nitrogen and oxygen atoms in total. The third-order valence-corrected chi connectivity index (χ3v) is 5.33. The first-order valence-electron chi connectivity index (χ1n) is 8.74. The first-order chi connectivity index (χ1) is 13.4. The maximum Gasteiger partial charge on any atom is 0.251 e. The molecular formula is C20H22N2O5S. The van der Waals surface area contributed by atoms with Crippen molar-refractivity contribution in [2.45, 2.75) is 6.10 Å². The largest absolute Gasteiger partial charge is 0.486 e. The van der Waals surface area contributed by atoms with Gasteiger partial charge in [0, 0.05) is 5.56 Å². The molecule has 148 valence electrons. The van der Waals surface area contributed by atoms with E-state index in [-0.39, 0.29) is 18.6 Å². The molecule has 2 aromatic carbocycles. The standard InChI is InChI=1S/C20H22N2O5S/c1-3-12-22(28(2,24)25)16-10-8-15(9-11-16)20(23)21-13-17-14-26-18-6-4-5-7-19(18)27-17/h3-11,17H,1,12-14H2,2H3,(H,21,23)/t17-/m0/s1. The zero-order valence-corrected chi connectivity index (χ0v) is 16.3. The Hall–Kier alpha value is -3.00. The Morgan fingerprint density at radius 3 is 2.54 bits per heavy atom. The molecule has 0 aliphatic carbocycles. The van der Waals surface area contributed by atoms with Crippen LogP contribution in [0.4, 0.5) is 5.69 Å². The Morgan fingerprint density at radius 2 is 1.89 bits per heavy atom. The van der Waals surface area contributed by atoms with Gasteiger partial charge in [0.25, 0.3) is 5.91 Å². The predicted molar refractivity (Wildman–Crippen MR) is 108 cm³/mol. The van der Waals surface area contributed by atoms with Gasteiger partial charge in [-0.2, -0.15) is 0 Å². The second-order valence-electron chi connectivity index (χ2n) is 6.34. The summed E-state index contributed by atoms with van der Waals surface area (Å²) in [5.74, 6) is 1.07. The van der Waals surface area contributed by atoms with Crippen LogP contribution in [0.15, 0.2) is 61.2 Å². The number of carbonyl (C=O) groups is 1. The number of fused-ring (bicyclic) bond motifs is 1. The molecule has 0 spiro atoms. The van der Waals surface area contributed by atoms with Crippen molar-refractivity contribution in [1.82, 2.24) is 5.32 Å². The fourth-order valence-electron chi connectivity index (χ4n) is 2.80. The number of benzene rings is 2. The Balaban J connectivity index is 1.60. The summed E-state index contributed by atoms with van der Waals surface area (Å²) in [6, 6.07) is 13.7. The van der Waals surface area contributed by atoms with E-state index in [0.29, 0.717) is 35.9 Å². The molecule has 8 heteroatoms. The monoisotopic (exact) mass is 402 g/mol. The van der Waals surface area contributed by atoms with Gasteiger partial charge in [0.2, 0.25) is 10.0 Å². The predicted octanol–water partition coefficient (Wildman–Crippen LogP) is 2.21. The molecule has 0 fully saturated rings. The quantitative estimate of drug-likeness (QED) is 0.718. The fraction of sp³-hybridized carbons (Fsp3) is 0.250. The van der Waals surface area contributed by atoms with Gasteiger partial charge in [-0.1, -0.05) is 18.2 Å². The molecule has 0 saturated carbocycles. The fourth-order valence-corrected chi connectivity index (χ4v) is 3.68. The third kappa shape index (κ3) is 4.64. The van der Waals surface area contributed by atoms with Crippen LogP contribution in [0, 0.1) is 0 Å². The molecule has 0 saturated heterocycles. The Bertz CT molecular complexity index is 957. The van der Waals surface area contributed by atoms with Crippen LogP contribution in [-0.4, -0.2) is 46.4 Å². The first kappa shape index (κ1) is 19.8. The van der Waals surface area contributed by atoms with E-state index in [1.54, 1.807) is 24.3 Å². The highest BCUT2D eigenvalue weighted by Gasteiger charge is 2.21. The number of rotatable bonds is 7. The van der Waals surface area contributed by atoms with E-state index in [0.717, 1.165) is 6.26 Å². The molecule has 1 aliphatic heterocycles. The Kier molecular flexibility index (Phi) is 5.89. The molecule has 0 aromatic heterocycles. The number of carbonyl (C=O) groups excluding carboxylic acids is 1. The van der Waals surface area contributed by atoms with Crippen LogP contribution in [-0.2, 0) is 10.0 Å². The second kappa shape index (κ2) is 8.35. The lowest BCUT2D eigenvalue weighted by atomic mass is 10.2. The molecular weight excluding hydrogens is 380 g/mol. The van der Waals surface area contributed by atoms with Crippen molar-refractivity contribution in [2.75, 3.05) is 30.3 Å². The highest BCUT2D eigenvalue weighted by Crippen LogP contribution is 2.30. The van der Waals surface area contributed by atoms with Gasteiger partial charge in [-0.25, -0.2) is 8.42 Å². The molecule has 3 rings (SSSR count). The van der Waals surface area contributed by atoms with E-state index < -0.39 is 10.0 Å². The average molecular weight is 402 g/mol. The van der Waals surface area contributed by atoms with Gasteiger partial charge in [-0.15, -0.1) is 6.58 Å². The van der Waals surface area contributed by atoms with E-state index in [4.69, 9.17) is 9.47 Å². The SMILES string of the molecule is C=CCN(c1ccc(C(=O)NC[C@H]2COc3ccccc3O2)cc1)S(C)(=O)=O. The lowest BCUT2D eigenvalue weighted by Crippen LogP contribution is -2.40. The highest BCUT2D eigenvalue weighted by atomic mass is 32.2. The van der Waals surface area contributed by atoms with Crippen LogP contribution >= 0.6 is 0 Å². The van der Waals surface area contributed by atoms with Crippen LogP contribution < -0.4 is 19.1 Å². The van der Waals surface area contributed by atoms with Gasteiger partial charge >= 0.3 is 0 Å². The lowest BCUT2D eigenvalue weighted by molar-refractivity contribution is 0.0789. The van der Waals surface area contributed by atoms with E-state index in [1.165, 1.54) is 10.4 Å². The minimum atomic E-state index is -3.43. The van der Waals surface area contributed by atoms with Gasteiger partial charge in [-0.05, 0) is 36.4 Å². The normalized spacial score (nSPS) is 15.5. The molecule has 0 bridgehead atoms. The van der Waals surface area contributed by atoms with Crippen LogP contribution in [0.1, 0.15) is 10.4 Å². The topological polar surface area (TPSA) is 84.9 Å². The summed E-state index contributed by atoms with van der Waals surface area (Å²) in [5, 5.41) is 2.81. The Morgan fingerprint density at radius 1 is 1.21 bits per heavy atom. The molecule has 2 aromatic rings. The van der Waals surface area contributed by atoms with Crippen molar-refractivity contribution in [2.24, 2.45) is 0 Å². The maximum atomic E-state index is 12.4. The number of anilines is 1. The van der Waals surface area contributed by atoms with Crippen molar-refractivity contribution in [3.63, 3.8) is 0 Å². The summed E-state index contributed by atoms with van der Waals surface area (Å²) in [5.41, 5.74) is 0.896. The zero-order valence-electron chi connectivity index (χ0n) is 15.5. The van der Waals surface area contributed by atoms with E-state index in [9.17, 15) is 13.2 Å². The number of nitrogens with zero attached hydrogens (tertiary/aromatic N) is 1. The summed E-state index contributed by atoms with van der Waals surface area (Å²) in [6.45, 7) is 4.37. The van der Waals surface area contributed by atoms with E-state index >= 15 is 0 Å². The molecule has 1 atom stereocenters. The number of para-hydroxylation sites is 2. The summed E-state index contributed by atoms with van der Waals surface area (Å²) in [4.78, 5) is 12.4. The summed E-state index contributed by atoms with van der Waals surface area (Å²) >= 11 is 0. The van der Waals surface area contributed by atoms with Crippen LogP contribution in [0.25, 0.3) is 0 Å². The van der Waals surface area contributed by atoms with Gasteiger partial charge < -0.3 is 14.8 Å². The Labute approximate surface area is 164 Å². The number of hydrogen-bond donors (Lipinski definition) is 1. The van der Waals surface area contributed by atoms with Gasteiger partial charge in [0.15, 0.2) is 11.5 Å².